The molecule has 3 rings (SSSR count). The van der Waals surface area contributed by atoms with Crippen LogP contribution in [0.15, 0.2) is 0 Å². The number of hydrogen-bond donors (Lipinski definition) is 0. The molecule has 0 spiro atoms. The molecule has 10 heavy (non-hydrogen) atoms. The smallest absolute Gasteiger partial charge is 0.196 e. The fraction of sp³-hybridized carbons (Fsp3) is 0.667. The lowest BCUT2D eigenvalue weighted by Crippen LogP contribution is -2.31. The Kier molecular flexibility index (Phi) is 0.585. The highest BCUT2D eigenvalue weighted by Gasteiger charge is 2.68. The van der Waals surface area contributed by atoms with Gasteiger partial charge < -0.3 is 9.47 Å². The fourth-order valence-corrected chi connectivity index (χ4v) is 1.41. The molecule has 0 radical (unpaired) electrons. The summed E-state index contributed by atoms with van der Waals surface area (Å²) in [6.07, 6.45) is -1.79. The van der Waals surface area contributed by atoms with Crippen molar-refractivity contribution >= 4 is 11.6 Å². The van der Waals surface area contributed by atoms with Gasteiger partial charge in [-0.2, -0.15) is 0 Å². The third-order valence-corrected chi connectivity index (χ3v) is 2.10. The van der Waals surface area contributed by atoms with Gasteiger partial charge in [0.15, 0.2) is 36.0 Å². The van der Waals surface area contributed by atoms with Crippen LogP contribution < -0.4 is 0 Å². The van der Waals surface area contributed by atoms with Crippen LogP contribution in [-0.4, -0.2) is 36.0 Å². The molecule has 3 aliphatic rings. The Morgan fingerprint density at radius 2 is 1.10 bits per heavy atom. The van der Waals surface area contributed by atoms with Gasteiger partial charge in [-0.05, 0) is 0 Å². The molecular formula is C6H4O4. The Bertz CT molecular complexity index is 200. The highest BCUT2D eigenvalue weighted by Crippen LogP contribution is 2.41. The van der Waals surface area contributed by atoms with Gasteiger partial charge >= 0.3 is 0 Å². The van der Waals surface area contributed by atoms with Crippen LogP contribution in [0.25, 0.3) is 0 Å². The van der Waals surface area contributed by atoms with Gasteiger partial charge in [-0.25, -0.2) is 0 Å². The van der Waals surface area contributed by atoms with Crippen LogP contribution in [0.1, 0.15) is 0 Å². The first kappa shape index (κ1) is 4.98. The number of Topliss-reactive ketones (excluding diaryl/α,β-unsaturated/α-hetero) is 2. The van der Waals surface area contributed by atoms with Crippen molar-refractivity contribution in [3.8, 4) is 0 Å². The minimum Gasteiger partial charge on any atom is -0.353 e. The van der Waals surface area contributed by atoms with Gasteiger partial charge in [-0.15, -0.1) is 0 Å². The van der Waals surface area contributed by atoms with Gasteiger partial charge in [-0.1, -0.05) is 0 Å². The van der Waals surface area contributed by atoms with Gasteiger partial charge in [0.2, 0.25) is 0 Å². The topological polar surface area (TPSA) is 59.2 Å². The average Bonchev–Trinajstić information content (AvgIpc) is 2.77. The third-order valence-electron chi connectivity index (χ3n) is 2.10. The van der Waals surface area contributed by atoms with Gasteiger partial charge in [0.05, 0.1) is 0 Å². The second-order valence-electron chi connectivity index (χ2n) is 2.76. The van der Waals surface area contributed by atoms with Gasteiger partial charge in [0.1, 0.15) is 0 Å². The number of hydrogen-bond acceptors (Lipinski definition) is 4. The monoisotopic (exact) mass is 140 g/mol. The molecule has 2 aliphatic heterocycles. The van der Waals surface area contributed by atoms with Gasteiger partial charge in [0, 0.05) is 0 Å². The van der Waals surface area contributed by atoms with Crippen molar-refractivity contribution in [2.45, 2.75) is 24.4 Å². The molecule has 4 heteroatoms. The Hall–Kier alpha value is -0.740. The molecule has 0 bridgehead atoms. The molecule has 1 saturated carbocycles. The number of epoxide rings is 2. The molecule has 4 nitrogen and oxygen atoms in total. The van der Waals surface area contributed by atoms with Crippen LogP contribution in [0.2, 0.25) is 0 Å². The lowest BCUT2D eigenvalue weighted by molar-refractivity contribution is -0.124. The molecule has 52 valence electrons. The van der Waals surface area contributed by atoms with E-state index in [0.717, 1.165) is 0 Å². The molecule has 1 aliphatic carbocycles. The zero-order valence-corrected chi connectivity index (χ0v) is 4.94. The zero-order chi connectivity index (χ0) is 6.88. The van der Waals surface area contributed by atoms with E-state index in [9.17, 15) is 9.59 Å². The Morgan fingerprint density at radius 3 is 1.40 bits per heavy atom. The fourth-order valence-electron chi connectivity index (χ4n) is 1.41. The van der Waals surface area contributed by atoms with Crippen molar-refractivity contribution in [3.05, 3.63) is 0 Å². The second-order valence-corrected chi connectivity index (χ2v) is 2.76. The first-order valence-electron chi connectivity index (χ1n) is 3.17. The van der Waals surface area contributed by atoms with E-state index in [1.54, 1.807) is 0 Å². The molecule has 4 atom stereocenters. The van der Waals surface area contributed by atoms with Crippen molar-refractivity contribution in [1.29, 1.82) is 0 Å². The van der Waals surface area contributed by atoms with Crippen molar-refractivity contribution in [1.82, 2.24) is 0 Å². The summed E-state index contributed by atoms with van der Waals surface area (Å²) in [7, 11) is 0. The summed E-state index contributed by atoms with van der Waals surface area (Å²) >= 11 is 0. The molecule has 0 aromatic carbocycles. The molecule has 0 aromatic heterocycles. The lowest BCUT2D eigenvalue weighted by Gasteiger charge is -1.94. The first-order valence-corrected chi connectivity index (χ1v) is 3.17. The first-order chi connectivity index (χ1) is 4.79. The average molecular weight is 140 g/mol. The van der Waals surface area contributed by atoms with Crippen LogP contribution >= 0.6 is 0 Å². The van der Waals surface area contributed by atoms with E-state index in [-0.39, 0.29) is 11.6 Å². The van der Waals surface area contributed by atoms with Crippen molar-refractivity contribution in [2.75, 3.05) is 0 Å². The Balaban J connectivity index is 2.01. The summed E-state index contributed by atoms with van der Waals surface area (Å²) in [6.45, 7) is 0. The van der Waals surface area contributed by atoms with E-state index in [1.807, 2.05) is 0 Å². The minimum absolute atomic E-state index is 0.0467. The molecule has 2 saturated heterocycles. The normalized spacial score (nSPS) is 55.6. The molecular weight excluding hydrogens is 136 g/mol. The molecule has 3 fully saturated rings. The van der Waals surface area contributed by atoms with E-state index in [4.69, 9.17) is 9.47 Å². The summed E-state index contributed by atoms with van der Waals surface area (Å²) in [5, 5.41) is 0. The number of ketones is 2. The highest BCUT2D eigenvalue weighted by molar-refractivity contribution is 6.11. The molecule has 0 aromatic rings. The van der Waals surface area contributed by atoms with E-state index in [1.165, 1.54) is 0 Å². The molecule has 2 heterocycles. The molecule has 0 N–H and O–H groups in total. The summed E-state index contributed by atoms with van der Waals surface area (Å²) in [5.74, 6) is -0.0933. The lowest BCUT2D eigenvalue weighted by atomic mass is 9.98. The quantitative estimate of drug-likeness (QED) is 0.391. The predicted octanol–water partition coefficient (Wildman–Crippen LogP) is -1.33. The summed E-state index contributed by atoms with van der Waals surface area (Å²) in [4.78, 5) is 21.9. The van der Waals surface area contributed by atoms with E-state index in [2.05, 4.69) is 0 Å². The Labute approximate surface area is 56.1 Å². The van der Waals surface area contributed by atoms with Crippen molar-refractivity contribution in [2.24, 2.45) is 0 Å². The maximum absolute atomic E-state index is 11.0. The van der Waals surface area contributed by atoms with Crippen molar-refractivity contribution in [3.63, 3.8) is 0 Å². The number of carbonyl (C=O) groups excluding carboxylic acids is 2. The second kappa shape index (κ2) is 1.17. The third kappa shape index (κ3) is 0.383. The van der Waals surface area contributed by atoms with Gasteiger partial charge in [0.25, 0.3) is 0 Å². The summed E-state index contributed by atoms with van der Waals surface area (Å²) < 4.78 is 9.65. The highest BCUT2D eigenvalue weighted by atomic mass is 16.6. The standard InChI is InChI=1S/C6H4O4/c7-1-3-5(9-3)2(8)6-4(1)10-6/h3-6H/t3-,4+,5+,6-. The maximum Gasteiger partial charge on any atom is 0.196 e. The number of ether oxygens (including phenoxy) is 2. The van der Waals surface area contributed by atoms with E-state index >= 15 is 0 Å². The number of carbonyl (C=O) groups is 2. The van der Waals surface area contributed by atoms with Crippen LogP contribution in [0, 0.1) is 0 Å². The van der Waals surface area contributed by atoms with E-state index < -0.39 is 24.4 Å². The predicted molar refractivity (Wildman–Crippen MR) is 27.3 cm³/mol. The van der Waals surface area contributed by atoms with Crippen LogP contribution in [-0.2, 0) is 19.1 Å². The number of fused-ring (bicyclic) bond motifs is 2. The van der Waals surface area contributed by atoms with Gasteiger partial charge in [-0.3, -0.25) is 9.59 Å². The summed E-state index contributed by atoms with van der Waals surface area (Å²) in [6, 6.07) is 0. The molecule has 0 unspecified atom stereocenters. The van der Waals surface area contributed by atoms with Crippen LogP contribution in [0.3, 0.4) is 0 Å². The number of rotatable bonds is 0. The maximum atomic E-state index is 11.0. The largest absolute Gasteiger partial charge is 0.353 e. The Morgan fingerprint density at radius 1 is 0.800 bits per heavy atom. The zero-order valence-electron chi connectivity index (χ0n) is 4.94. The summed E-state index contributed by atoms with van der Waals surface area (Å²) in [5.41, 5.74) is 0. The van der Waals surface area contributed by atoms with Crippen LogP contribution in [0.5, 0.6) is 0 Å². The van der Waals surface area contributed by atoms with Crippen LogP contribution in [0.4, 0.5) is 0 Å². The van der Waals surface area contributed by atoms with E-state index in [0.29, 0.717) is 0 Å². The van der Waals surface area contributed by atoms with Crippen molar-refractivity contribution < 1.29 is 19.1 Å². The SMILES string of the molecule is O=C1[C@H]2O[C@H]2C(=O)[C@H]2O[C@@H]12. The minimum atomic E-state index is -0.448. The molecule has 0 amide bonds.